The van der Waals surface area contributed by atoms with E-state index in [1.807, 2.05) is 84.3 Å². The molecule has 0 aliphatic rings. The molecule has 6 nitrogen and oxygen atoms in total. The number of anilines is 1. The molecule has 0 saturated carbocycles. The van der Waals surface area contributed by atoms with E-state index in [9.17, 15) is 14.7 Å². The summed E-state index contributed by atoms with van der Waals surface area (Å²) in [4.78, 5) is 31.4. The van der Waals surface area contributed by atoms with Gasteiger partial charge in [0, 0.05) is 36.0 Å². The van der Waals surface area contributed by atoms with Crippen molar-refractivity contribution in [2.24, 2.45) is 0 Å². The highest BCUT2D eigenvalue weighted by atomic mass is 32.1. The number of thiazole rings is 1. The molecule has 0 saturated heterocycles. The van der Waals surface area contributed by atoms with Gasteiger partial charge in [-0.3, -0.25) is 4.79 Å². The van der Waals surface area contributed by atoms with Crippen molar-refractivity contribution in [1.29, 1.82) is 0 Å². The number of aliphatic carboxylic acids is 1. The SMILES string of the molecule is C=CCN(Cc1ccc(C(=O)NC(Cc2ccccc2)C(=O)O)cc1)c1nc(-c2ccccc2)cs1. The normalized spacial score (nSPS) is 11.4. The van der Waals surface area contributed by atoms with Crippen molar-refractivity contribution < 1.29 is 14.7 Å². The molecule has 0 aliphatic heterocycles. The summed E-state index contributed by atoms with van der Waals surface area (Å²) in [6.07, 6.45) is 2.06. The van der Waals surface area contributed by atoms with Gasteiger partial charge in [0.25, 0.3) is 5.91 Å². The van der Waals surface area contributed by atoms with Gasteiger partial charge in [0.15, 0.2) is 5.13 Å². The second kappa shape index (κ2) is 12.0. The average Bonchev–Trinajstić information content (AvgIpc) is 3.40. The number of carbonyl (C=O) groups is 2. The van der Waals surface area contributed by atoms with Crippen molar-refractivity contribution in [3.63, 3.8) is 0 Å². The molecule has 4 rings (SSSR count). The minimum Gasteiger partial charge on any atom is -0.480 e. The van der Waals surface area contributed by atoms with Crippen molar-refractivity contribution in [1.82, 2.24) is 10.3 Å². The molecule has 0 radical (unpaired) electrons. The number of rotatable bonds is 11. The van der Waals surface area contributed by atoms with Crippen LogP contribution < -0.4 is 10.2 Å². The van der Waals surface area contributed by atoms with E-state index in [1.54, 1.807) is 23.5 Å². The Kier molecular flexibility index (Phi) is 8.26. The van der Waals surface area contributed by atoms with Crippen molar-refractivity contribution in [2.45, 2.75) is 19.0 Å². The van der Waals surface area contributed by atoms with Crippen LogP contribution in [0.1, 0.15) is 21.5 Å². The van der Waals surface area contributed by atoms with Gasteiger partial charge in [-0.15, -0.1) is 17.9 Å². The number of hydrogen-bond acceptors (Lipinski definition) is 5. The van der Waals surface area contributed by atoms with Crippen LogP contribution in [0.15, 0.2) is 103 Å². The van der Waals surface area contributed by atoms with E-state index in [0.717, 1.165) is 27.5 Å². The predicted molar refractivity (Wildman–Crippen MR) is 144 cm³/mol. The Balaban J connectivity index is 1.42. The zero-order valence-corrected chi connectivity index (χ0v) is 20.5. The van der Waals surface area contributed by atoms with E-state index in [2.05, 4.69) is 16.8 Å². The number of aromatic nitrogens is 1. The highest BCUT2D eigenvalue weighted by Gasteiger charge is 2.21. The van der Waals surface area contributed by atoms with E-state index >= 15 is 0 Å². The molecular formula is C29H27N3O3S. The van der Waals surface area contributed by atoms with Crippen LogP contribution in [0.5, 0.6) is 0 Å². The molecule has 1 unspecified atom stereocenters. The highest BCUT2D eigenvalue weighted by molar-refractivity contribution is 7.14. The summed E-state index contributed by atoms with van der Waals surface area (Å²) in [5.74, 6) is -1.48. The molecule has 0 bridgehead atoms. The maximum Gasteiger partial charge on any atom is 0.326 e. The molecule has 182 valence electrons. The Hall–Kier alpha value is -4.23. The predicted octanol–water partition coefficient (Wildman–Crippen LogP) is 5.43. The number of carbonyl (C=O) groups excluding carboxylic acids is 1. The van der Waals surface area contributed by atoms with Crippen molar-refractivity contribution in [3.05, 3.63) is 120 Å². The Morgan fingerprint density at radius 1 is 0.972 bits per heavy atom. The summed E-state index contributed by atoms with van der Waals surface area (Å²) in [6, 6.07) is 25.5. The lowest BCUT2D eigenvalue weighted by molar-refractivity contribution is -0.139. The maximum atomic E-state index is 12.7. The van der Waals surface area contributed by atoms with Gasteiger partial charge < -0.3 is 15.3 Å². The highest BCUT2D eigenvalue weighted by Crippen LogP contribution is 2.28. The molecular weight excluding hydrogens is 470 g/mol. The molecule has 3 aromatic carbocycles. The van der Waals surface area contributed by atoms with Gasteiger partial charge in [-0.2, -0.15) is 0 Å². The summed E-state index contributed by atoms with van der Waals surface area (Å²) in [5, 5.41) is 15.1. The first-order valence-electron chi connectivity index (χ1n) is 11.6. The van der Waals surface area contributed by atoms with Gasteiger partial charge in [0.2, 0.25) is 0 Å². The monoisotopic (exact) mass is 497 g/mol. The summed E-state index contributed by atoms with van der Waals surface area (Å²) < 4.78 is 0. The van der Waals surface area contributed by atoms with Crippen molar-refractivity contribution >= 4 is 28.3 Å². The molecule has 0 spiro atoms. The molecule has 2 N–H and O–H groups in total. The van der Waals surface area contributed by atoms with Gasteiger partial charge >= 0.3 is 5.97 Å². The third-order valence-corrected chi connectivity index (χ3v) is 6.56. The van der Waals surface area contributed by atoms with E-state index in [1.165, 1.54) is 0 Å². The Bertz CT molecular complexity index is 1300. The van der Waals surface area contributed by atoms with E-state index in [0.29, 0.717) is 18.7 Å². The largest absolute Gasteiger partial charge is 0.480 e. The first-order valence-corrected chi connectivity index (χ1v) is 12.4. The lowest BCUT2D eigenvalue weighted by Crippen LogP contribution is -2.42. The topological polar surface area (TPSA) is 82.5 Å². The molecule has 4 aromatic rings. The fraction of sp³-hybridized carbons (Fsp3) is 0.138. The molecule has 1 amide bonds. The van der Waals surface area contributed by atoms with Gasteiger partial charge in [-0.1, -0.05) is 78.9 Å². The molecule has 0 fully saturated rings. The lowest BCUT2D eigenvalue weighted by Gasteiger charge is -2.20. The number of amides is 1. The minimum atomic E-state index is -1.07. The Morgan fingerprint density at radius 3 is 2.28 bits per heavy atom. The average molecular weight is 498 g/mol. The van der Waals surface area contributed by atoms with Crippen LogP contribution in [0, 0.1) is 0 Å². The van der Waals surface area contributed by atoms with Gasteiger partial charge in [0.1, 0.15) is 6.04 Å². The molecule has 36 heavy (non-hydrogen) atoms. The van der Waals surface area contributed by atoms with Crippen LogP contribution in [0.2, 0.25) is 0 Å². The maximum absolute atomic E-state index is 12.7. The molecule has 1 heterocycles. The zero-order chi connectivity index (χ0) is 25.3. The number of carboxylic acids is 1. The summed E-state index contributed by atoms with van der Waals surface area (Å²) >= 11 is 1.58. The van der Waals surface area contributed by atoms with E-state index in [-0.39, 0.29) is 6.42 Å². The summed E-state index contributed by atoms with van der Waals surface area (Å²) in [7, 11) is 0. The van der Waals surface area contributed by atoms with Crippen LogP contribution in [0.4, 0.5) is 5.13 Å². The smallest absolute Gasteiger partial charge is 0.326 e. The Morgan fingerprint density at radius 2 is 1.64 bits per heavy atom. The van der Waals surface area contributed by atoms with E-state index < -0.39 is 17.9 Å². The number of nitrogens with one attached hydrogen (secondary N) is 1. The number of carboxylic acid groups (broad SMARTS) is 1. The molecule has 1 aromatic heterocycles. The van der Waals surface area contributed by atoms with Crippen LogP contribution >= 0.6 is 11.3 Å². The molecule has 7 heteroatoms. The first-order chi connectivity index (χ1) is 17.5. The number of hydrogen-bond donors (Lipinski definition) is 2. The zero-order valence-electron chi connectivity index (χ0n) is 19.7. The van der Waals surface area contributed by atoms with Crippen LogP contribution in [-0.2, 0) is 17.8 Å². The molecule has 0 aliphatic carbocycles. The lowest BCUT2D eigenvalue weighted by atomic mass is 10.1. The summed E-state index contributed by atoms with van der Waals surface area (Å²) in [5.41, 5.74) is 4.26. The third-order valence-electron chi connectivity index (χ3n) is 5.66. The van der Waals surface area contributed by atoms with Crippen LogP contribution in [-0.4, -0.2) is 34.6 Å². The van der Waals surface area contributed by atoms with Gasteiger partial charge in [-0.05, 0) is 23.3 Å². The fourth-order valence-corrected chi connectivity index (χ4v) is 4.64. The third kappa shape index (κ3) is 6.46. The molecule has 1 atom stereocenters. The summed E-state index contributed by atoms with van der Waals surface area (Å²) in [6.45, 7) is 5.10. The second-order valence-corrected chi connectivity index (χ2v) is 9.14. The van der Waals surface area contributed by atoms with Gasteiger partial charge in [0.05, 0.1) is 5.69 Å². The van der Waals surface area contributed by atoms with Crippen LogP contribution in [0.25, 0.3) is 11.3 Å². The van der Waals surface area contributed by atoms with Crippen LogP contribution in [0.3, 0.4) is 0 Å². The van der Waals surface area contributed by atoms with Crippen molar-refractivity contribution in [3.8, 4) is 11.3 Å². The first kappa shape index (κ1) is 24.9. The Labute approximate surface area is 214 Å². The minimum absolute atomic E-state index is 0.218. The fourth-order valence-electron chi connectivity index (χ4n) is 3.79. The standard InChI is InChI=1S/C29H27N3O3S/c1-2-17-32(29-31-26(20-36-29)23-11-7-4-8-12-23)19-22-13-15-24(16-14-22)27(33)30-25(28(34)35)18-21-9-5-3-6-10-21/h2-16,20,25H,1,17-19H2,(H,30,33)(H,34,35). The number of benzene rings is 3. The quantitative estimate of drug-likeness (QED) is 0.270. The second-order valence-electron chi connectivity index (χ2n) is 8.30. The van der Waals surface area contributed by atoms with Crippen molar-refractivity contribution in [2.75, 3.05) is 11.4 Å². The number of nitrogens with zero attached hydrogens (tertiary/aromatic N) is 2. The van der Waals surface area contributed by atoms with E-state index in [4.69, 9.17) is 4.98 Å². The van der Waals surface area contributed by atoms with Gasteiger partial charge in [-0.25, -0.2) is 9.78 Å².